The molecule has 1 aliphatic rings. The molecular weight excluding hydrogens is 330 g/mol. The van der Waals surface area contributed by atoms with E-state index in [1.54, 1.807) is 0 Å². The number of rotatable bonds is 4. The number of nitrogens with one attached hydrogen (secondary N) is 1. The van der Waals surface area contributed by atoms with Crippen LogP contribution in [0.1, 0.15) is 43.9 Å². The van der Waals surface area contributed by atoms with E-state index in [9.17, 15) is 0 Å². The Labute approximate surface area is 152 Å². The first kappa shape index (κ1) is 17.1. The predicted octanol–water partition coefficient (Wildman–Crippen LogP) is 2.34. The molecular formula is C18H25N7O. The van der Waals surface area contributed by atoms with Gasteiger partial charge in [-0.1, -0.05) is 12.1 Å². The van der Waals surface area contributed by atoms with Crippen molar-refractivity contribution in [2.75, 3.05) is 26.7 Å². The molecule has 4 heterocycles. The monoisotopic (exact) mass is 355 g/mol. The van der Waals surface area contributed by atoms with Gasteiger partial charge in [-0.3, -0.25) is 4.90 Å². The lowest BCUT2D eigenvalue weighted by Gasteiger charge is -2.30. The summed E-state index contributed by atoms with van der Waals surface area (Å²) in [5.74, 6) is 1.24. The van der Waals surface area contributed by atoms with Gasteiger partial charge in [-0.05, 0) is 33.4 Å². The summed E-state index contributed by atoms with van der Waals surface area (Å²) in [5.41, 5.74) is 2.67. The van der Waals surface area contributed by atoms with E-state index in [4.69, 9.17) is 14.5 Å². The Morgan fingerprint density at radius 1 is 1.38 bits per heavy atom. The van der Waals surface area contributed by atoms with Crippen molar-refractivity contribution in [1.29, 1.82) is 0 Å². The Bertz CT molecular complexity index is 916. The SMILES string of the molecule is CCC(C)n1ncc2c(-c3nc(C4CNCCN4C)no3)cc(C)nc21. The van der Waals surface area contributed by atoms with Crippen LogP contribution in [0.4, 0.5) is 0 Å². The summed E-state index contributed by atoms with van der Waals surface area (Å²) in [6.45, 7) is 9.05. The van der Waals surface area contributed by atoms with Crippen LogP contribution in [-0.4, -0.2) is 56.5 Å². The van der Waals surface area contributed by atoms with Crippen LogP contribution < -0.4 is 5.32 Å². The molecule has 8 heteroatoms. The second-order valence-corrected chi connectivity index (χ2v) is 7.05. The van der Waals surface area contributed by atoms with Gasteiger partial charge < -0.3 is 9.84 Å². The minimum absolute atomic E-state index is 0.127. The summed E-state index contributed by atoms with van der Waals surface area (Å²) < 4.78 is 7.61. The Morgan fingerprint density at radius 3 is 3.00 bits per heavy atom. The van der Waals surface area contributed by atoms with Crippen molar-refractivity contribution in [2.45, 2.75) is 39.3 Å². The van der Waals surface area contributed by atoms with E-state index in [-0.39, 0.29) is 12.1 Å². The minimum atomic E-state index is 0.127. The average Bonchev–Trinajstić information content (AvgIpc) is 3.28. The van der Waals surface area contributed by atoms with E-state index in [0.717, 1.165) is 48.3 Å². The molecule has 2 atom stereocenters. The molecule has 3 aromatic rings. The molecule has 0 aliphatic carbocycles. The largest absolute Gasteiger partial charge is 0.334 e. The molecule has 3 aromatic heterocycles. The van der Waals surface area contributed by atoms with Gasteiger partial charge in [0.2, 0.25) is 0 Å². The summed E-state index contributed by atoms with van der Waals surface area (Å²) in [5, 5.41) is 13.1. The standard InChI is InChI=1S/C18H25N7O/c1-5-12(3)25-17-14(9-20-25)13(8-11(2)21-17)18-22-16(23-26-18)15-10-19-6-7-24(15)4/h8-9,12,15,19H,5-7,10H2,1-4H3. The highest BCUT2D eigenvalue weighted by atomic mass is 16.5. The summed E-state index contributed by atoms with van der Waals surface area (Å²) in [6.07, 6.45) is 2.84. The quantitative estimate of drug-likeness (QED) is 0.769. The van der Waals surface area contributed by atoms with E-state index < -0.39 is 0 Å². The lowest BCUT2D eigenvalue weighted by molar-refractivity contribution is 0.190. The Hall–Kier alpha value is -2.32. The molecule has 8 nitrogen and oxygen atoms in total. The number of nitrogens with zero attached hydrogens (tertiary/aromatic N) is 6. The molecule has 2 unspecified atom stereocenters. The Kier molecular flexibility index (Phi) is 4.46. The number of piperazine rings is 1. The first-order chi connectivity index (χ1) is 12.6. The van der Waals surface area contributed by atoms with Crippen LogP contribution in [0, 0.1) is 6.92 Å². The number of pyridine rings is 1. The smallest absolute Gasteiger partial charge is 0.258 e. The number of aryl methyl sites for hydroxylation is 1. The maximum atomic E-state index is 5.63. The number of fused-ring (bicyclic) bond motifs is 1. The van der Waals surface area contributed by atoms with Crippen LogP contribution in [0.2, 0.25) is 0 Å². The van der Waals surface area contributed by atoms with Gasteiger partial charge in [0, 0.05) is 25.3 Å². The average molecular weight is 355 g/mol. The lowest BCUT2D eigenvalue weighted by Crippen LogP contribution is -2.44. The van der Waals surface area contributed by atoms with E-state index in [0.29, 0.717) is 11.7 Å². The third kappa shape index (κ3) is 2.89. The van der Waals surface area contributed by atoms with Crippen LogP contribution in [0.5, 0.6) is 0 Å². The zero-order valence-corrected chi connectivity index (χ0v) is 15.7. The fraction of sp³-hybridized carbons (Fsp3) is 0.556. The molecule has 0 bridgehead atoms. The zero-order valence-electron chi connectivity index (χ0n) is 15.7. The van der Waals surface area contributed by atoms with Crippen molar-refractivity contribution in [1.82, 2.24) is 35.1 Å². The minimum Gasteiger partial charge on any atom is -0.334 e. The highest BCUT2D eigenvalue weighted by molar-refractivity contribution is 5.90. The van der Waals surface area contributed by atoms with E-state index in [2.05, 4.69) is 41.4 Å². The maximum absolute atomic E-state index is 5.63. The molecule has 26 heavy (non-hydrogen) atoms. The van der Waals surface area contributed by atoms with Crippen LogP contribution in [0.25, 0.3) is 22.5 Å². The summed E-state index contributed by atoms with van der Waals surface area (Å²) in [4.78, 5) is 11.6. The zero-order chi connectivity index (χ0) is 18.3. The molecule has 0 radical (unpaired) electrons. The lowest BCUT2D eigenvalue weighted by atomic mass is 10.1. The van der Waals surface area contributed by atoms with Gasteiger partial charge in [-0.25, -0.2) is 9.67 Å². The molecule has 1 N–H and O–H groups in total. The topological polar surface area (TPSA) is 84.9 Å². The predicted molar refractivity (Wildman–Crippen MR) is 98.8 cm³/mol. The van der Waals surface area contributed by atoms with Crippen molar-refractivity contribution in [3.05, 3.63) is 23.8 Å². The Balaban J connectivity index is 1.76. The van der Waals surface area contributed by atoms with Gasteiger partial charge in [0.05, 0.1) is 29.2 Å². The first-order valence-electron chi connectivity index (χ1n) is 9.18. The number of likely N-dealkylation sites (N-methyl/N-ethyl adjacent to an activating group) is 1. The van der Waals surface area contributed by atoms with E-state index in [1.807, 2.05) is 23.9 Å². The summed E-state index contributed by atoms with van der Waals surface area (Å²) >= 11 is 0. The van der Waals surface area contributed by atoms with Crippen LogP contribution in [0.15, 0.2) is 16.8 Å². The highest BCUT2D eigenvalue weighted by Crippen LogP contribution is 2.30. The molecule has 0 aromatic carbocycles. The molecule has 1 fully saturated rings. The van der Waals surface area contributed by atoms with Crippen molar-refractivity contribution >= 4 is 11.0 Å². The van der Waals surface area contributed by atoms with Crippen molar-refractivity contribution in [3.63, 3.8) is 0 Å². The second kappa shape index (κ2) is 6.77. The maximum Gasteiger partial charge on any atom is 0.258 e. The van der Waals surface area contributed by atoms with Crippen molar-refractivity contribution < 1.29 is 4.52 Å². The van der Waals surface area contributed by atoms with Crippen molar-refractivity contribution in [2.24, 2.45) is 0 Å². The number of hydrogen-bond acceptors (Lipinski definition) is 7. The second-order valence-electron chi connectivity index (χ2n) is 7.05. The van der Waals surface area contributed by atoms with Crippen LogP contribution in [0.3, 0.4) is 0 Å². The summed E-state index contributed by atoms with van der Waals surface area (Å²) in [7, 11) is 2.09. The molecule has 4 rings (SSSR count). The van der Waals surface area contributed by atoms with Crippen LogP contribution >= 0.6 is 0 Å². The molecule has 1 saturated heterocycles. The van der Waals surface area contributed by atoms with Gasteiger partial charge in [-0.15, -0.1) is 0 Å². The van der Waals surface area contributed by atoms with Gasteiger partial charge in [-0.2, -0.15) is 10.1 Å². The van der Waals surface area contributed by atoms with Crippen molar-refractivity contribution in [3.8, 4) is 11.5 Å². The molecule has 1 aliphatic heterocycles. The van der Waals surface area contributed by atoms with Gasteiger partial charge in [0.15, 0.2) is 11.5 Å². The first-order valence-corrected chi connectivity index (χ1v) is 9.18. The number of hydrogen-bond donors (Lipinski definition) is 1. The molecule has 0 spiro atoms. The normalized spacial score (nSPS) is 19.9. The van der Waals surface area contributed by atoms with Crippen LogP contribution in [-0.2, 0) is 0 Å². The van der Waals surface area contributed by atoms with Gasteiger partial charge in [0.1, 0.15) is 0 Å². The number of aromatic nitrogens is 5. The molecule has 0 saturated carbocycles. The van der Waals surface area contributed by atoms with E-state index in [1.165, 1.54) is 0 Å². The highest BCUT2D eigenvalue weighted by Gasteiger charge is 2.26. The molecule has 0 amide bonds. The fourth-order valence-electron chi connectivity index (χ4n) is 3.39. The third-order valence-electron chi connectivity index (χ3n) is 5.18. The molecule has 138 valence electrons. The van der Waals surface area contributed by atoms with Gasteiger partial charge >= 0.3 is 0 Å². The Morgan fingerprint density at radius 2 is 2.23 bits per heavy atom. The summed E-state index contributed by atoms with van der Waals surface area (Å²) in [6, 6.07) is 2.41. The van der Waals surface area contributed by atoms with E-state index >= 15 is 0 Å². The third-order valence-corrected chi connectivity index (χ3v) is 5.18. The fourth-order valence-corrected chi connectivity index (χ4v) is 3.39. The van der Waals surface area contributed by atoms with Gasteiger partial charge in [0.25, 0.3) is 5.89 Å².